The topological polar surface area (TPSA) is 101 Å². The summed E-state index contributed by atoms with van der Waals surface area (Å²) in [7, 11) is 0. The highest BCUT2D eigenvalue weighted by molar-refractivity contribution is 5.38. The van der Waals surface area contributed by atoms with Crippen molar-refractivity contribution < 1.29 is 14.2 Å². The second-order valence-electron chi connectivity index (χ2n) is 8.09. The third kappa shape index (κ3) is 3.36. The molecular weight excluding hydrogens is 386 g/mol. The molecule has 2 aromatic heterocycles. The number of benzene rings is 1. The number of nitrogens with zero attached hydrogens (tertiary/aromatic N) is 6. The third-order valence-corrected chi connectivity index (χ3v) is 6.02. The number of imidazole rings is 1. The highest BCUT2D eigenvalue weighted by atomic mass is 16.6. The van der Waals surface area contributed by atoms with Gasteiger partial charge in [-0.25, -0.2) is 4.98 Å². The molecule has 3 aromatic rings. The lowest BCUT2D eigenvalue weighted by atomic mass is 10.1. The Balaban J connectivity index is 1.15. The summed E-state index contributed by atoms with van der Waals surface area (Å²) in [5.41, 5.74) is 0.996. The fraction of sp³-hybridized carbons (Fsp3) is 0.500. The van der Waals surface area contributed by atoms with Crippen molar-refractivity contribution in [1.29, 1.82) is 0 Å². The molecule has 3 fully saturated rings. The molecule has 1 saturated carbocycles. The summed E-state index contributed by atoms with van der Waals surface area (Å²) in [6.07, 6.45) is 7.96. The van der Waals surface area contributed by atoms with Gasteiger partial charge in [0.1, 0.15) is 24.0 Å². The average Bonchev–Trinajstić information content (AvgIpc) is 3.21. The predicted molar refractivity (Wildman–Crippen MR) is 104 cm³/mol. The molecule has 6 rings (SSSR count). The molecule has 10 heteroatoms. The summed E-state index contributed by atoms with van der Waals surface area (Å²) < 4.78 is 21.7. The fourth-order valence-electron chi connectivity index (χ4n) is 4.17. The Labute approximate surface area is 173 Å². The van der Waals surface area contributed by atoms with Crippen LogP contribution in [-0.2, 0) is 9.47 Å². The van der Waals surface area contributed by atoms with Crippen LogP contribution in [0.25, 0.3) is 5.69 Å². The van der Waals surface area contributed by atoms with Gasteiger partial charge in [-0.05, 0) is 60.0 Å². The molecule has 1 aliphatic carbocycles. The van der Waals surface area contributed by atoms with E-state index in [4.69, 9.17) is 14.2 Å². The van der Waals surface area contributed by atoms with Crippen LogP contribution in [0.3, 0.4) is 0 Å². The summed E-state index contributed by atoms with van der Waals surface area (Å²) >= 11 is 0. The second kappa shape index (κ2) is 7.46. The van der Waals surface area contributed by atoms with E-state index in [9.17, 15) is 0 Å². The first-order valence-electron chi connectivity index (χ1n) is 10.4. The van der Waals surface area contributed by atoms with Crippen molar-refractivity contribution in [2.75, 3.05) is 19.8 Å². The fourth-order valence-corrected chi connectivity index (χ4v) is 4.17. The van der Waals surface area contributed by atoms with Gasteiger partial charge in [-0.2, -0.15) is 4.68 Å². The van der Waals surface area contributed by atoms with E-state index in [1.165, 1.54) is 12.8 Å². The van der Waals surface area contributed by atoms with Crippen LogP contribution in [-0.4, -0.2) is 67.8 Å². The standard InChI is InChI=1S/C20H23N7O3/c1-2-13(1)9-22-16-10-28-19-17(11-29-18(16)19)27-20(23-24-25-27)30-15-5-3-14(4-6-15)26-8-7-21-12-26/h3-8,12-13,16-19,22H,1-2,9-11H2/t16-,17-,18+,19+/m0/s1. The number of rotatable bonds is 7. The number of hydrogen-bond donors (Lipinski definition) is 1. The number of nitrogens with one attached hydrogen (secondary N) is 1. The van der Waals surface area contributed by atoms with Gasteiger partial charge in [0.2, 0.25) is 0 Å². The number of aromatic nitrogens is 6. The molecule has 0 amide bonds. The molecule has 0 radical (unpaired) electrons. The first kappa shape index (κ1) is 18.0. The summed E-state index contributed by atoms with van der Waals surface area (Å²) in [6, 6.07) is 8.11. The minimum atomic E-state index is -0.113. The van der Waals surface area contributed by atoms with Gasteiger partial charge in [0.05, 0.1) is 25.6 Å². The van der Waals surface area contributed by atoms with Crippen molar-refractivity contribution in [1.82, 2.24) is 35.1 Å². The van der Waals surface area contributed by atoms with E-state index in [-0.39, 0.29) is 24.3 Å². The lowest BCUT2D eigenvalue weighted by molar-refractivity contribution is 0.0611. The van der Waals surface area contributed by atoms with Crippen LogP contribution in [0, 0.1) is 5.92 Å². The molecule has 0 bridgehead atoms. The molecule has 4 atom stereocenters. The lowest BCUT2D eigenvalue weighted by Gasteiger charge is -2.18. The maximum absolute atomic E-state index is 6.07. The maximum Gasteiger partial charge on any atom is 0.341 e. The van der Waals surface area contributed by atoms with Gasteiger partial charge in [0.25, 0.3) is 0 Å². The Morgan fingerprint density at radius 1 is 1.10 bits per heavy atom. The van der Waals surface area contributed by atoms with Gasteiger partial charge in [-0.1, -0.05) is 5.10 Å². The van der Waals surface area contributed by atoms with Crippen LogP contribution in [0.15, 0.2) is 43.0 Å². The minimum absolute atomic E-state index is 0.0141. The molecule has 30 heavy (non-hydrogen) atoms. The third-order valence-electron chi connectivity index (χ3n) is 6.02. The van der Waals surface area contributed by atoms with Gasteiger partial charge in [-0.15, -0.1) is 0 Å². The van der Waals surface area contributed by atoms with E-state index in [1.54, 1.807) is 17.2 Å². The van der Waals surface area contributed by atoms with Crippen LogP contribution in [0.5, 0.6) is 11.8 Å². The van der Waals surface area contributed by atoms with Crippen LogP contribution in [0.1, 0.15) is 18.9 Å². The Hall–Kier alpha value is -2.82. The zero-order chi connectivity index (χ0) is 19.9. The van der Waals surface area contributed by atoms with Gasteiger partial charge in [0, 0.05) is 18.1 Å². The Kier molecular flexibility index (Phi) is 4.47. The zero-order valence-electron chi connectivity index (χ0n) is 16.4. The normalized spacial score (nSPS) is 28.0. The SMILES string of the molecule is c1cn(-c2ccc(Oc3nnnn3[C@H]3CO[C@H]4[C@@H]3OC[C@@H]4NCC3CC3)cc2)cn1. The van der Waals surface area contributed by atoms with Crippen molar-refractivity contribution in [3.63, 3.8) is 0 Å². The molecule has 1 aromatic carbocycles. The van der Waals surface area contributed by atoms with Crippen molar-refractivity contribution in [3.8, 4) is 17.4 Å². The zero-order valence-corrected chi connectivity index (χ0v) is 16.4. The number of tetrazole rings is 1. The van der Waals surface area contributed by atoms with Crippen LogP contribution in [0.2, 0.25) is 0 Å². The summed E-state index contributed by atoms with van der Waals surface area (Å²) in [5, 5.41) is 15.7. The van der Waals surface area contributed by atoms with Gasteiger partial charge in [-0.3, -0.25) is 0 Å². The lowest BCUT2D eigenvalue weighted by Crippen LogP contribution is -2.41. The first-order chi connectivity index (χ1) is 14.8. The highest BCUT2D eigenvalue weighted by Gasteiger charge is 2.49. The Bertz CT molecular complexity index is 986. The average molecular weight is 409 g/mol. The monoisotopic (exact) mass is 409 g/mol. The molecule has 1 N–H and O–H groups in total. The molecule has 0 unspecified atom stereocenters. The van der Waals surface area contributed by atoms with Crippen LogP contribution >= 0.6 is 0 Å². The van der Waals surface area contributed by atoms with E-state index in [1.807, 2.05) is 35.0 Å². The predicted octanol–water partition coefficient (Wildman–Crippen LogP) is 1.36. The van der Waals surface area contributed by atoms with E-state index in [2.05, 4.69) is 25.8 Å². The molecule has 2 aliphatic heterocycles. The summed E-state index contributed by atoms with van der Waals surface area (Å²) in [4.78, 5) is 4.07. The van der Waals surface area contributed by atoms with Crippen LogP contribution in [0.4, 0.5) is 0 Å². The maximum atomic E-state index is 6.07. The Morgan fingerprint density at radius 3 is 2.77 bits per heavy atom. The second-order valence-corrected chi connectivity index (χ2v) is 8.09. The van der Waals surface area contributed by atoms with Crippen molar-refractivity contribution >= 4 is 0 Å². The van der Waals surface area contributed by atoms with Crippen molar-refractivity contribution in [2.45, 2.75) is 37.1 Å². The largest absolute Gasteiger partial charge is 0.423 e. The van der Waals surface area contributed by atoms with E-state index < -0.39 is 0 Å². The summed E-state index contributed by atoms with van der Waals surface area (Å²) in [6.45, 7) is 2.18. The molecule has 3 aliphatic rings. The minimum Gasteiger partial charge on any atom is -0.423 e. The Morgan fingerprint density at radius 2 is 1.97 bits per heavy atom. The number of hydrogen-bond acceptors (Lipinski definition) is 8. The van der Waals surface area contributed by atoms with Crippen molar-refractivity contribution in [2.24, 2.45) is 5.92 Å². The number of fused-ring (bicyclic) bond motifs is 1. The first-order valence-corrected chi connectivity index (χ1v) is 10.4. The van der Waals surface area contributed by atoms with Gasteiger partial charge >= 0.3 is 6.01 Å². The van der Waals surface area contributed by atoms with E-state index in [0.29, 0.717) is 25.0 Å². The van der Waals surface area contributed by atoms with Gasteiger partial charge in [0.15, 0.2) is 0 Å². The quantitative estimate of drug-likeness (QED) is 0.624. The molecule has 2 saturated heterocycles. The smallest absolute Gasteiger partial charge is 0.341 e. The summed E-state index contributed by atoms with van der Waals surface area (Å²) in [5.74, 6) is 1.47. The van der Waals surface area contributed by atoms with E-state index in [0.717, 1.165) is 18.2 Å². The van der Waals surface area contributed by atoms with Crippen molar-refractivity contribution in [3.05, 3.63) is 43.0 Å². The number of ether oxygens (including phenoxy) is 3. The molecule has 156 valence electrons. The highest BCUT2D eigenvalue weighted by Crippen LogP contribution is 2.36. The van der Waals surface area contributed by atoms with Crippen LogP contribution < -0.4 is 10.1 Å². The molecule has 4 heterocycles. The van der Waals surface area contributed by atoms with Gasteiger partial charge < -0.3 is 24.1 Å². The molecular formula is C20H23N7O3. The molecule has 0 spiro atoms. The molecule has 10 nitrogen and oxygen atoms in total. The van der Waals surface area contributed by atoms with E-state index >= 15 is 0 Å².